The van der Waals surface area contributed by atoms with Crippen molar-refractivity contribution in [3.8, 4) is 0 Å². The number of nitrogens with one attached hydrogen (secondary N) is 2. The number of nitrogens with zero attached hydrogens (tertiary/aromatic N) is 3. The number of fused-ring (bicyclic) bond motifs is 1. The van der Waals surface area contributed by atoms with Crippen LogP contribution < -0.4 is 15.6 Å². The van der Waals surface area contributed by atoms with Crippen LogP contribution in [0.15, 0.2) is 54.6 Å². The molecular weight excluding hydrogens is 414 g/mol. The highest BCUT2D eigenvalue weighted by atomic mass is 16.5. The number of rotatable bonds is 6. The van der Waals surface area contributed by atoms with Crippen molar-refractivity contribution in [3.05, 3.63) is 60.2 Å². The smallest absolute Gasteiger partial charge is 0.340 e. The molecule has 0 radical (unpaired) electrons. The first-order chi connectivity index (χ1) is 15.5. The van der Waals surface area contributed by atoms with E-state index in [9.17, 15) is 19.2 Å². The first-order valence-electron chi connectivity index (χ1n) is 10.3. The number of hydrogen-bond donors (Lipinski definition) is 2. The SMILES string of the molecule is CCOC(=O)c1ccccc1NC(=O)CN1NC2N(CCN2c2ccccc2)C(=O)C1=O. The van der Waals surface area contributed by atoms with E-state index in [-0.39, 0.29) is 17.9 Å². The number of esters is 1. The van der Waals surface area contributed by atoms with E-state index in [4.69, 9.17) is 4.74 Å². The highest BCUT2D eigenvalue weighted by Crippen LogP contribution is 2.25. The fraction of sp³-hybridized carbons (Fsp3) is 0.273. The third kappa shape index (κ3) is 4.12. The largest absolute Gasteiger partial charge is 0.462 e. The van der Waals surface area contributed by atoms with Gasteiger partial charge in [0.05, 0.1) is 17.9 Å². The van der Waals surface area contributed by atoms with E-state index in [1.807, 2.05) is 35.2 Å². The van der Waals surface area contributed by atoms with Crippen molar-refractivity contribution in [1.29, 1.82) is 0 Å². The van der Waals surface area contributed by atoms with Gasteiger partial charge in [-0.1, -0.05) is 30.3 Å². The molecule has 32 heavy (non-hydrogen) atoms. The Labute approximate surface area is 184 Å². The van der Waals surface area contributed by atoms with Gasteiger partial charge in [0.25, 0.3) is 0 Å². The number of carbonyl (C=O) groups excluding carboxylic acids is 4. The highest BCUT2D eigenvalue weighted by molar-refractivity contribution is 6.35. The van der Waals surface area contributed by atoms with Gasteiger partial charge in [0.2, 0.25) is 5.91 Å². The van der Waals surface area contributed by atoms with E-state index in [0.717, 1.165) is 10.7 Å². The lowest BCUT2D eigenvalue weighted by Crippen LogP contribution is -2.68. The number of carbonyl (C=O) groups is 4. The van der Waals surface area contributed by atoms with Gasteiger partial charge in [-0.2, -0.15) is 5.43 Å². The summed E-state index contributed by atoms with van der Waals surface area (Å²) in [5.41, 5.74) is 4.34. The molecule has 0 aliphatic carbocycles. The van der Waals surface area contributed by atoms with Crippen LogP contribution in [0, 0.1) is 0 Å². The van der Waals surface area contributed by atoms with Gasteiger partial charge in [-0.15, -0.1) is 0 Å². The average Bonchev–Trinajstić information content (AvgIpc) is 3.22. The summed E-state index contributed by atoms with van der Waals surface area (Å²) in [5.74, 6) is -2.61. The number of para-hydroxylation sites is 2. The van der Waals surface area contributed by atoms with Crippen molar-refractivity contribution in [2.24, 2.45) is 0 Å². The zero-order valence-electron chi connectivity index (χ0n) is 17.5. The van der Waals surface area contributed by atoms with Gasteiger partial charge < -0.3 is 15.0 Å². The molecule has 0 spiro atoms. The molecule has 2 saturated heterocycles. The van der Waals surface area contributed by atoms with Gasteiger partial charge in [-0.05, 0) is 31.2 Å². The second kappa shape index (κ2) is 9.06. The number of hydrazine groups is 1. The molecule has 0 aromatic heterocycles. The fourth-order valence-electron chi connectivity index (χ4n) is 3.74. The van der Waals surface area contributed by atoms with Crippen molar-refractivity contribution < 1.29 is 23.9 Å². The third-order valence-corrected chi connectivity index (χ3v) is 5.22. The van der Waals surface area contributed by atoms with Crippen LogP contribution in [0.3, 0.4) is 0 Å². The van der Waals surface area contributed by atoms with E-state index in [0.29, 0.717) is 13.1 Å². The maximum atomic E-state index is 12.7. The molecular formula is C22H23N5O5. The van der Waals surface area contributed by atoms with Gasteiger partial charge in [-0.3, -0.25) is 24.3 Å². The topological polar surface area (TPSA) is 111 Å². The van der Waals surface area contributed by atoms with Crippen molar-refractivity contribution in [2.75, 3.05) is 36.5 Å². The minimum atomic E-state index is -0.815. The lowest BCUT2D eigenvalue weighted by atomic mass is 10.2. The molecule has 2 heterocycles. The summed E-state index contributed by atoms with van der Waals surface area (Å²) in [5, 5.41) is 3.63. The molecule has 3 amide bonds. The average molecular weight is 437 g/mol. The second-order valence-corrected chi connectivity index (χ2v) is 7.24. The Morgan fingerprint density at radius 3 is 2.44 bits per heavy atom. The first kappa shape index (κ1) is 21.3. The summed E-state index contributed by atoms with van der Waals surface area (Å²) in [4.78, 5) is 53.4. The normalized spacial score (nSPS) is 17.9. The lowest BCUT2D eigenvalue weighted by Gasteiger charge is -2.40. The third-order valence-electron chi connectivity index (χ3n) is 5.22. The van der Waals surface area contributed by atoms with E-state index < -0.39 is 36.5 Å². The summed E-state index contributed by atoms with van der Waals surface area (Å²) in [6.07, 6.45) is -0.581. The molecule has 1 atom stereocenters. The van der Waals surface area contributed by atoms with Crippen LogP contribution in [0.5, 0.6) is 0 Å². The Kier molecular flexibility index (Phi) is 6.04. The Morgan fingerprint density at radius 2 is 1.69 bits per heavy atom. The van der Waals surface area contributed by atoms with Crippen LogP contribution in [-0.2, 0) is 19.1 Å². The molecule has 10 nitrogen and oxygen atoms in total. The van der Waals surface area contributed by atoms with E-state index in [1.54, 1.807) is 25.1 Å². The molecule has 0 bridgehead atoms. The zero-order chi connectivity index (χ0) is 22.7. The van der Waals surface area contributed by atoms with Crippen LogP contribution in [0.4, 0.5) is 11.4 Å². The van der Waals surface area contributed by atoms with Crippen molar-refractivity contribution in [1.82, 2.24) is 15.3 Å². The Balaban J connectivity index is 1.47. The summed E-state index contributed by atoms with van der Waals surface area (Å²) in [6.45, 7) is 2.42. The monoisotopic (exact) mass is 437 g/mol. The number of anilines is 2. The molecule has 2 aliphatic heterocycles. The van der Waals surface area contributed by atoms with E-state index in [2.05, 4.69) is 10.7 Å². The van der Waals surface area contributed by atoms with Crippen LogP contribution in [0.1, 0.15) is 17.3 Å². The molecule has 2 aromatic carbocycles. The van der Waals surface area contributed by atoms with Crippen molar-refractivity contribution in [2.45, 2.75) is 13.2 Å². The minimum Gasteiger partial charge on any atom is -0.462 e. The van der Waals surface area contributed by atoms with Crippen LogP contribution in [0.25, 0.3) is 0 Å². The lowest BCUT2D eigenvalue weighted by molar-refractivity contribution is -0.163. The summed E-state index contributed by atoms with van der Waals surface area (Å²) < 4.78 is 5.01. The number of hydrogen-bond acceptors (Lipinski definition) is 7. The van der Waals surface area contributed by atoms with Gasteiger partial charge >= 0.3 is 17.8 Å². The zero-order valence-corrected chi connectivity index (χ0v) is 17.5. The molecule has 2 fully saturated rings. The number of amides is 3. The fourth-order valence-corrected chi connectivity index (χ4v) is 3.74. The predicted octanol–water partition coefficient (Wildman–Crippen LogP) is 0.781. The maximum Gasteiger partial charge on any atom is 0.340 e. The second-order valence-electron chi connectivity index (χ2n) is 7.24. The minimum absolute atomic E-state index is 0.200. The predicted molar refractivity (Wildman–Crippen MR) is 115 cm³/mol. The van der Waals surface area contributed by atoms with E-state index >= 15 is 0 Å². The van der Waals surface area contributed by atoms with Crippen molar-refractivity contribution in [3.63, 3.8) is 0 Å². The van der Waals surface area contributed by atoms with Gasteiger partial charge in [0.1, 0.15) is 6.54 Å². The molecule has 4 rings (SSSR count). The molecule has 2 N–H and O–H groups in total. The Morgan fingerprint density at radius 1 is 1.00 bits per heavy atom. The molecule has 0 saturated carbocycles. The molecule has 1 unspecified atom stereocenters. The molecule has 2 aromatic rings. The van der Waals surface area contributed by atoms with Gasteiger partial charge in [0.15, 0.2) is 6.29 Å². The van der Waals surface area contributed by atoms with Crippen LogP contribution >= 0.6 is 0 Å². The number of benzene rings is 2. The van der Waals surface area contributed by atoms with Gasteiger partial charge in [0, 0.05) is 18.8 Å². The summed E-state index contributed by atoms with van der Waals surface area (Å²) >= 11 is 0. The molecule has 10 heteroatoms. The maximum absolute atomic E-state index is 12.7. The first-order valence-corrected chi connectivity index (χ1v) is 10.3. The van der Waals surface area contributed by atoms with Crippen molar-refractivity contribution >= 4 is 35.1 Å². The van der Waals surface area contributed by atoms with Gasteiger partial charge in [-0.25, -0.2) is 4.79 Å². The van der Waals surface area contributed by atoms with Crippen LogP contribution in [0.2, 0.25) is 0 Å². The summed E-state index contributed by atoms with van der Waals surface area (Å²) in [7, 11) is 0. The standard InChI is InChI=1S/C22H23N5O5/c1-2-32-21(31)16-10-6-7-11-17(16)23-18(28)14-27-20(30)19(29)26-13-12-25(22(26)24-27)15-8-4-3-5-9-15/h3-11,22,24H,2,12-14H2,1H3,(H,23,28). The van der Waals surface area contributed by atoms with E-state index in [1.165, 1.54) is 11.0 Å². The Bertz CT molecular complexity index is 1040. The molecule has 166 valence electrons. The highest BCUT2D eigenvalue weighted by Gasteiger charge is 2.45. The Hall–Kier alpha value is -3.92. The quantitative estimate of drug-likeness (QED) is 0.508. The number of ether oxygens (including phenoxy) is 1. The molecule has 2 aliphatic rings. The summed E-state index contributed by atoms with van der Waals surface area (Å²) in [6, 6.07) is 15.9. The van der Waals surface area contributed by atoms with Crippen LogP contribution in [-0.4, -0.2) is 66.1 Å².